The summed E-state index contributed by atoms with van der Waals surface area (Å²) in [5, 5.41) is 10.7. The molecule has 5 rings (SSSR count). The lowest BCUT2D eigenvalue weighted by Crippen LogP contribution is -2.33. The zero-order valence-corrected chi connectivity index (χ0v) is 16.0. The van der Waals surface area contributed by atoms with Gasteiger partial charge in [0.05, 0.1) is 15.2 Å². The molecular formula is C22H18N4OS. The molecule has 2 aromatic heterocycles. The van der Waals surface area contributed by atoms with Crippen LogP contribution in [0.15, 0.2) is 59.0 Å². The van der Waals surface area contributed by atoms with E-state index in [2.05, 4.69) is 34.2 Å². The molecule has 1 saturated heterocycles. The number of anilines is 1. The molecule has 0 unspecified atom stereocenters. The maximum Gasteiger partial charge on any atom is 0.235 e. The first-order valence-electron chi connectivity index (χ1n) is 9.38. The van der Waals surface area contributed by atoms with Crippen molar-refractivity contribution in [2.24, 2.45) is 0 Å². The maximum atomic E-state index is 9.51. The minimum absolute atomic E-state index is 0.359. The van der Waals surface area contributed by atoms with E-state index in [4.69, 9.17) is 9.40 Å². The number of oxazole rings is 1. The van der Waals surface area contributed by atoms with Crippen LogP contribution in [0.3, 0.4) is 0 Å². The summed E-state index contributed by atoms with van der Waals surface area (Å²) >= 11 is 1.79. The van der Waals surface area contributed by atoms with Crippen molar-refractivity contribution in [1.82, 2.24) is 9.97 Å². The Bertz CT molecular complexity index is 1120. The van der Waals surface area contributed by atoms with E-state index in [1.54, 1.807) is 11.3 Å². The number of nitrogens with zero attached hydrogens (tertiary/aromatic N) is 4. The molecule has 2 aromatic carbocycles. The van der Waals surface area contributed by atoms with Crippen molar-refractivity contribution in [1.29, 1.82) is 5.26 Å². The van der Waals surface area contributed by atoms with Crippen LogP contribution in [0.25, 0.3) is 21.7 Å². The highest BCUT2D eigenvalue weighted by Crippen LogP contribution is 2.36. The first-order valence-corrected chi connectivity index (χ1v) is 10.2. The highest BCUT2D eigenvalue weighted by molar-refractivity contribution is 7.18. The standard InChI is InChI=1S/C22H18N4OS/c23-14-18-22(27-20(24-18)15-6-2-1-3-7-15)26-12-10-16(11-13-26)21-25-17-8-4-5-9-19(17)28-21/h1-9,16H,10-13H2. The fraction of sp³-hybridized carbons (Fsp3) is 0.227. The molecule has 0 radical (unpaired) electrons. The van der Waals surface area contributed by atoms with Crippen LogP contribution in [0.2, 0.25) is 0 Å². The van der Waals surface area contributed by atoms with E-state index in [1.165, 1.54) is 9.71 Å². The van der Waals surface area contributed by atoms with Crippen molar-refractivity contribution in [2.45, 2.75) is 18.8 Å². The lowest BCUT2D eigenvalue weighted by Gasteiger charge is -2.30. The largest absolute Gasteiger partial charge is 0.419 e. The van der Waals surface area contributed by atoms with Gasteiger partial charge in [0, 0.05) is 24.6 Å². The molecule has 0 bridgehead atoms. The third-order valence-electron chi connectivity index (χ3n) is 5.18. The van der Waals surface area contributed by atoms with Crippen molar-refractivity contribution in [3.63, 3.8) is 0 Å². The molecule has 6 heteroatoms. The summed E-state index contributed by atoms with van der Waals surface area (Å²) in [5.74, 6) is 1.54. The number of para-hydroxylation sites is 1. The van der Waals surface area contributed by atoms with Gasteiger partial charge in [-0.15, -0.1) is 11.3 Å². The number of thiazole rings is 1. The Kier molecular flexibility index (Phi) is 4.30. The Hall–Kier alpha value is -3.17. The lowest BCUT2D eigenvalue weighted by molar-refractivity contribution is 0.466. The van der Waals surface area contributed by atoms with Gasteiger partial charge in [0.15, 0.2) is 0 Å². The second-order valence-electron chi connectivity index (χ2n) is 6.93. The summed E-state index contributed by atoms with van der Waals surface area (Å²) in [6, 6.07) is 20.2. The molecule has 138 valence electrons. The summed E-state index contributed by atoms with van der Waals surface area (Å²) in [7, 11) is 0. The third kappa shape index (κ3) is 3.04. The summed E-state index contributed by atoms with van der Waals surface area (Å²) in [4.78, 5) is 11.4. The van der Waals surface area contributed by atoms with Crippen LogP contribution in [0.1, 0.15) is 29.5 Å². The van der Waals surface area contributed by atoms with Crippen LogP contribution in [-0.2, 0) is 0 Å². The predicted octanol–water partition coefficient (Wildman–Crippen LogP) is 5.21. The molecule has 0 aliphatic carbocycles. The van der Waals surface area contributed by atoms with Crippen molar-refractivity contribution in [3.05, 3.63) is 65.3 Å². The van der Waals surface area contributed by atoms with Gasteiger partial charge in [-0.25, -0.2) is 4.98 Å². The van der Waals surface area contributed by atoms with Crippen molar-refractivity contribution >= 4 is 27.4 Å². The molecule has 1 aliphatic rings. The number of hydrogen-bond acceptors (Lipinski definition) is 6. The molecule has 0 N–H and O–H groups in total. The average Bonchev–Trinajstić information content (AvgIpc) is 3.39. The van der Waals surface area contributed by atoms with E-state index in [-0.39, 0.29) is 0 Å². The van der Waals surface area contributed by atoms with Gasteiger partial charge in [0.1, 0.15) is 6.07 Å². The number of nitriles is 1. The molecule has 1 fully saturated rings. The molecule has 0 amide bonds. The summed E-state index contributed by atoms with van der Waals surface area (Å²) in [6.45, 7) is 1.66. The van der Waals surface area contributed by atoms with Gasteiger partial charge in [-0.1, -0.05) is 30.3 Å². The number of aromatic nitrogens is 2. The highest BCUT2D eigenvalue weighted by atomic mass is 32.1. The van der Waals surface area contributed by atoms with Gasteiger partial charge >= 0.3 is 0 Å². The van der Waals surface area contributed by atoms with E-state index in [0.29, 0.717) is 23.4 Å². The van der Waals surface area contributed by atoms with Gasteiger partial charge in [0.25, 0.3) is 0 Å². The van der Waals surface area contributed by atoms with Gasteiger partial charge in [-0.05, 0) is 37.1 Å². The lowest BCUT2D eigenvalue weighted by atomic mass is 9.97. The maximum absolute atomic E-state index is 9.51. The monoisotopic (exact) mass is 386 g/mol. The molecule has 4 aromatic rings. The molecule has 0 spiro atoms. The zero-order chi connectivity index (χ0) is 18.9. The summed E-state index contributed by atoms with van der Waals surface area (Å²) < 4.78 is 7.24. The van der Waals surface area contributed by atoms with E-state index in [0.717, 1.165) is 37.0 Å². The third-order valence-corrected chi connectivity index (χ3v) is 6.38. The Morgan fingerprint density at radius 1 is 1.00 bits per heavy atom. The zero-order valence-electron chi connectivity index (χ0n) is 15.2. The Morgan fingerprint density at radius 3 is 2.50 bits per heavy atom. The van der Waals surface area contributed by atoms with Crippen molar-refractivity contribution < 1.29 is 4.42 Å². The number of rotatable bonds is 3. The van der Waals surface area contributed by atoms with Gasteiger partial charge < -0.3 is 9.32 Å². The number of hydrogen-bond donors (Lipinski definition) is 0. The average molecular weight is 386 g/mol. The minimum Gasteiger partial charge on any atom is -0.419 e. The highest BCUT2D eigenvalue weighted by Gasteiger charge is 2.27. The SMILES string of the molecule is N#Cc1nc(-c2ccccc2)oc1N1CCC(c2nc3ccccc3s2)CC1. The second-order valence-corrected chi connectivity index (χ2v) is 7.99. The predicted molar refractivity (Wildman–Crippen MR) is 110 cm³/mol. The minimum atomic E-state index is 0.359. The first-order chi connectivity index (χ1) is 13.8. The molecule has 5 nitrogen and oxygen atoms in total. The molecule has 28 heavy (non-hydrogen) atoms. The summed E-state index contributed by atoms with van der Waals surface area (Å²) in [5.41, 5.74) is 2.33. The van der Waals surface area contributed by atoms with Crippen molar-refractivity contribution in [2.75, 3.05) is 18.0 Å². The Morgan fingerprint density at radius 2 is 1.75 bits per heavy atom. The van der Waals surface area contributed by atoms with Crippen LogP contribution in [0, 0.1) is 11.3 Å². The number of piperidine rings is 1. The quantitative estimate of drug-likeness (QED) is 0.484. The molecule has 3 heterocycles. The van der Waals surface area contributed by atoms with E-state index in [1.807, 2.05) is 36.4 Å². The Balaban J connectivity index is 1.35. The second kappa shape index (κ2) is 7.10. The van der Waals surface area contributed by atoms with Crippen molar-refractivity contribution in [3.8, 4) is 17.5 Å². The molecule has 0 atom stereocenters. The van der Waals surface area contributed by atoms with Crippen LogP contribution >= 0.6 is 11.3 Å². The number of fused-ring (bicyclic) bond motifs is 1. The smallest absolute Gasteiger partial charge is 0.235 e. The topological polar surface area (TPSA) is 66.0 Å². The van der Waals surface area contributed by atoms with Crippen LogP contribution in [-0.4, -0.2) is 23.1 Å². The van der Waals surface area contributed by atoms with Crippen LogP contribution in [0.4, 0.5) is 5.88 Å². The molecule has 0 saturated carbocycles. The molecular weight excluding hydrogens is 368 g/mol. The van der Waals surface area contributed by atoms with E-state index >= 15 is 0 Å². The van der Waals surface area contributed by atoms with Gasteiger partial charge in [-0.3, -0.25) is 0 Å². The molecule has 1 aliphatic heterocycles. The normalized spacial score (nSPS) is 15.0. The van der Waals surface area contributed by atoms with Crippen LogP contribution < -0.4 is 4.90 Å². The first kappa shape index (κ1) is 17.0. The van der Waals surface area contributed by atoms with Gasteiger partial charge in [0.2, 0.25) is 17.5 Å². The Labute approximate surface area is 166 Å². The van der Waals surface area contributed by atoms with E-state index in [9.17, 15) is 5.26 Å². The van der Waals surface area contributed by atoms with E-state index < -0.39 is 0 Å². The van der Waals surface area contributed by atoms with Crippen LogP contribution in [0.5, 0.6) is 0 Å². The van der Waals surface area contributed by atoms with Gasteiger partial charge in [-0.2, -0.15) is 10.2 Å². The fourth-order valence-corrected chi connectivity index (χ4v) is 4.83. The number of benzene rings is 2. The summed E-state index contributed by atoms with van der Waals surface area (Å²) in [6.07, 6.45) is 1.98. The fourth-order valence-electron chi connectivity index (χ4n) is 3.70.